The topological polar surface area (TPSA) is 58.0 Å². The summed E-state index contributed by atoms with van der Waals surface area (Å²) >= 11 is 2.26. The van der Waals surface area contributed by atoms with Crippen molar-refractivity contribution in [1.29, 1.82) is 0 Å². The van der Waals surface area contributed by atoms with Crippen molar-refractivity contribution in [3.63, 3.8) is 0 Å². The molecule has 3 heterocycles. The number of aromatic nitrogens is 1. The highest BCUT2D eigenvalue weighted by Gasteiger charge is 2.43. The van der Waals surface area contributed by atoms with Gasteiger partial charge in [-0.1, -0.05) is 67.5 Å². The van der Waals surface area contributed by atoms with Crippen molar-refractivity contribution in [2.75, 3.05) is 53.0 Å². The highest BCUT2D eigenvalue weighted by Crippen LogP contribution is 2.31. The molecule has 2 fully saturated rings. The van der Waals surface area contributed by atoms with Crippen molar-refractivity contribution in [3.05, 3.63) is 46.2 Å². The van der Waals surface area contributed by atoms with Crippen molar-refractivity contribution in [1.82, 2.24) is 19.3 Å². The van der Waals surface area contributed by atoms with E-state index in [1.165, 1.54) is 0 Å². The van der Waals surface area contributed by atoms with Gasteiger partial charge in [-0.2, -0.15) is 0 Å². The van der Waals surface area contributed by atoms with Gasteiger partial charge in [0.1, 0.15) is 0 Å². The molecule has 0 aliphatic carbocycles. The first-order valence-corrected chi connectivity index (χ1v) is 15.9. The lowest BCUT2D eigenvalue weighted by atomic mass is 9.87. The number of likely N-dealkylation sites (N-methyl/N-ethyl adjacent to an activating group) is 1. The van der Waals surface area contributed by atoms with Gasteiger partial charge in [0.2, 0.25) is 5.91 Å². The average Bonchev–Trinajstić information content (AvgIpc) is 2.93. The minimum atomic E-state index is -0.211. The molecule has 8 heteroatoms. The SMILES string of the molecule is CCCC(CCC)C(=O)N(Cc1cc2ccccc2n(CI)c1=O)CC1(N2CCN(C)CC2)CCCOC1. The number of alkyl halides is 1. The van der Waals surface area contributed by atoms with Crippen LogP contribution in [0.2, 0.25) is 0 Å². The van der Waals surface area contributed by atoms with Crippen LogP contribution in [0.4, 0.5) is 0 Å². The molecule has 1 atom stereocenters. The number of fused-ring (bicyclic) bond motifs is 1. The number of hydrogen-bond acceptors (Lipinski definition) is 5. The summed E-state index contributed by atoms with van der Waals surface area (Å²) in [4.78, 5) is 34.9. The summed E-state index contributed by atoms with van der Waals surface area (Å²) in [6.07, 6.45) is 5.75. The van der Waals surface area contributed by atoms with Gasteiger partial charge in [0.25, 0.3) is 5.56 Å². The molecule has 4 rings (SSSR count). The van der Waals surface area contributed by atoms with E-state index in [2.05, 4.69) is 59.4 Å². The molecule has 1 amide bonds. The van der Waals surface area contributed by atoms with Crippen molar-refractivity contribution in [2.45, 2.75) is 69.0 Å². The number of ether oxygens (including phenoxy) is 1. The van der Waals surface area contributed by atoms with E-state index in [1.54, 1.807) is 0 Å². The van der Waals surface area contributed by atoms with Crippen LogP contribution in [0.1, 0.15) is 57.9 Å². The van der Waals surface area contributed by atoms with Gasteiger partial charge in [-0.05, 0) is 50.2 Å². The number of benzene rings is 1. The number of rotatable bonds is 11. The molecule has 1 aromatic heterocycles. The van der Waals surface area contributed by atoms with E-state index in [9.17, 15) is 9.59 Å². The van der Waals surface area contributed by atoms with Gasteiger partial charge in [-0.25, -0.2) is 0 Å². The molecular weight excluding hydrogens is 591 g/mol. The largest absolute Gasteiger partial charge is 0.379 e. The molecule has 2 aliphatic rings. The predicted molar refractivity (Wildman–Crippen MR) is 163 cm³/mol. The van der Waals surface area contributed by atoms with E-state index < -0.39 is 0 Å². The van der Waals surface area contributed by atoms with E-state index in [4.69, 9.17) is 4.74 Å². The molecule has 0 radical (unpaired) electrons. The van der Waals surface area contributed by atoms with Gasteiger partial charge in [0, 0.05) is 50.8 Å². The quantitative estimate of drug-likeness (QED) is 0.264. The summed E-state index contributed by atoms with van der Waals surface area (Å²) in [5.41, 5.74) is 1.44. The van der Waals surface area contributed by atoms with E-state index in [1.807, 2.05) is 33.7 Å². The third kappa shape index (κ3) is 6.62. The Morgan fingerprint density at radius 2 is 1.84 bits per heavy atom. The molecular formula is C30H45IN4O3. The van der Waals surface area contributed by atoms with Crippen molar-refractivity contribution in [3.8, 4) is 0 Å². The van der Waals surface area contributed by atoms with Gasteiger partial charge in [0.05, 0.1) is 28.8 Å². The number of para-hydroxylation sites is 1. The predicted octanol–water partition coefficient (Wildman–Crippen LogP) is 4.74. The average molecular weight is 637 g/mol. The van der Waals surface area contributed by atoms with E-state index in [0.29, 0.717) is 29.8 Å². The Balaban J connectivity index is 1.73. The van der Waals surface area contributed by atoms with E-state index >= 15 is 0 Å². The summed E-state index contributed by atoms with van der Waals surface area (Å²) < 4.78 is 8.52. The van der Waals surface area contributed by atoms with E-state index in [0.717, 1.165) is 82.2 Å². The van der Waals surface area contributed by atoms with Crippen LogP contribution in [0, 0.1) is 5.92 Å². The second-order valence-electron chi connectivity index (χ2n) is 11.2. The molecule has 2 saturated heterocycles. The Bertz CT molecular complexity index is 1120. The highest BCUT2D eigenvalue weighted by atomic mass is 127. The number of piperazine rings is 1. The molecule has 38 heavy (non-hydrogen) atoms. The zero-order valence-electron chi connectivity index (χ0n) is 23.5. The minimum absolute atomic E-state index is 0.00646. The normalized spacial score (nSPS) is 21.3. The summed E-state index contributed by atoms with van der Waals surface area (Å²) in [6, 6.07) is 10.1. The van der Waals surface area contributed by atoms with Gasteiger partial charge >= 0.3 is 0 Å². The third-order valence-corrected chi connectivity index (χ3v) is 9.14. The van der Waals surface area contributed by atoms with Gasteiger partial charge in [-0.3, -0.25) is 19.1 Å². The van der Waals surface area contributed by atoms with Crippen LogP contribution in [-0.2, 0) is 20.6 Å². The second kappa shape index (κ2) is 13.7. The van der Waals surface area contributed by atoms with Crippen LogP contribution in [0.25, 0.3) is 10.9 Å². The van der Waals surface area contributed by atoms with Crippen LogP contribution < -0.4 is 5.56 Å². The number of nitrogens with zero attached hydrogens (tertiary/aromatic N) is 4. The first kappa shape index (κ1) is 29.5. The highest BCUT2D eigenvalue weighted by molar-refractivity contribution is 14.1. The maximum atomic E-state index is 14.3. The Morgan fingerprint density at radius 1 is 1.13 bits per heavy atom. The number of pyridine rings is 1. The summed E-state index contributed by atoms with van der Waals surface area (Å²) in [5, 5.41) is 1.04. The van der Waals surface area contributed by atoms with Crippen molar-refractivity contribution in [2.24, 2.45) is 5.92 Å². The molecule has 1 unspecified atom stereocenters. The molecule has 0 bridgehead atoms. The standard InChI is InChI=1S/C30H45IN4O3/c1-4-9-24(10-5-2)28(36)33(20-26-19-25-11-6-7-12-27(25)35(23-31)29(26)37)21-30(13-8-18-38-22-30)34-16-14-32(3)15-17-34/h6-7,11-12,19,24H,4-5,8-10,13-18,20-23H2,1-3H3. The van der Waals surface area contributed by atoms with Crippen LogP contribution in [0.3, 0.4) is 0 Å². The summed E-state index contributed by atoms with van der Waals surface area (Å²) in [5.74, 6) is 0.188. The number of carbonyl (C=O) groups is 1. The van der Waals surface area contributed by atoms with Crippen LogP contribution in [0.5, 0.6) is 0 Å². The molecule has 210 valence electrons. The zero-order chi connectivity index (χ0) is 27.1. The first-order valence-electron chi connectivity index (χ1n) is 14.4. The Kier molecular flexibility index (Phi) is 10.7. The zero-order valence-corrected chi connectivity index (χ0v) is 25.6. The molecule has 7 nitrogen and oxygen atoms in total. The molecule has 1 aromatic carbocycles. The number of carbonyl (C=O) groups excluding carboxylic acids is 1. The fourth-order valence-corrected chi connectivity index (χ4v) is 7.01. The molecule has 0 saturated carbocycles. The lowest BCUT2D eigenvalue weighted by molar-refractivity contribution is -0.142. The molecule has 2 aromatic rings. The van der Waals surface area contributed by atoms with E-state index in [-0.39, 0.29) is 22.9 Å². The van der Waals surface area contributed by atoms with Crippen LogP contribution in [-0.4, -0.2) is 83.7 Å². The van der Waals surface area contributed by atoms with Crippen molar-refractivity contribution < 1.29 is 9.53 Å². The number of halogens is 1. The molecule has 0 spiro atoms. The first-order chi connectivity index (χ1) is 18.4. The Labute approximate surface area is 241 Å². The maximum Gasteiger partial charge on any atom is 0.256 e. The van der Waals surface area contributed by atoms with Gasteiger partial charge in [0.15, 0.2) is 0 Å². The second-order valence-corrected chi connectivity index (χ2v) is 11.9. The third-order valence-electron chi connectivity index (χ3n) is 8.45. The molecule has 2 aliphatic heterocycles. The minimum Gasteiger partial charge on any atom is -0.379 e. The monoisotopic (exact) mass is 636 g/mol. The summed E-state index contributed by atoms with van der Waals surface area (Å²) in [7, 11) is 2.18. The number of hydrogen-bond donors (Lipinski definition) is 0. The lowest BCUT2D eigenvalue weighted by Crippen LogP contribution is -2.64. The van der Waals surface area contributed by atoms with Crippen LogP contribution >= 0.6 is 22.6 Å². The van der Waals surface area contributed by atoms with Gasteiger partial charge in [-0.15, -0.1) is 0 Å². The smallest absolute Gasteiger partial charge is 0.256 e. The van der Waals surface area contributed by atoms with Crippen LogP contribution in [0.15, 0.2) is 35.1 Å². The lowest BCUT2D eigenvalue weighted by Gasteiger charge is -2.51. The maximum absolute atomic E-state index is 14.3. The fraction of sp³-hybridized carbons (Fsp3) is 0.667. The van der Waals surface area contributed by atoms with Crippen molar-refractivity contribution >= 4 is 39.4 Å². The fourth-order valence-electron chi connectivity index (χ4n) is 6.33. The Morgan fingerprint density at radius 3 is 2.47 bits per heavy atom. The summed E-state index contributed by atoms with van der Waals surface area (Å²) in [6.45, 7) is 10.7. The van der Waals surface area contributed by atoms with Gasteiger partial charge < -0.3 is 14.5 Å². The number of amides is 1. The Hall–Kier alpha value is -1.49. The molecule has 0 N–H and O–H groups in total.